The van der Waals surface area contributed by atoms with Crippen LogP contribution in [0.2, 0.25) is 0 Å². The van der Waals surface area contributed by atoms with Gasteiger partial charge in [0.05, 0.1) is 0 Å². The van der Waals surface area contributed by atoms with Gasteiger partial charge in [-0.25, -0.2) is 13.5 Å². The van der Waals surface area contributed by atoms with Crippen LogP contribution < -0.4 is 0 Å². The van der Waals surface area contributed by atoms with E-state index >= 15 is 0 Å². The van der Waals surface area contributed by atoms with Crippen LogP contribution in [0.25, 0.3) is 62.7 Å². The molecule has 1 rings (SSSR count). The zero-order valence-electron chi connectivity index (χ0n) is 10.7. The van der Waals surface area contributed by atoms with E-state index in [0.717, 1.165) is 0 Å². The van der Waals surface area contributed by atoms with E-state index in [2.05, 4.69) is 72.3 Å². The summed E-state index contributed by atoms with van der Waals surface area (Å²) in [7, 11) is -12.4. The van der Waals surface area contributed by atoms with E-state index in [1.807, 2.05) is 0 Å². The summed E-state index contributed by atoms with van der Waals surface area (Å²) in [5.41, 5.74) is 51.8. The van der Waals surface area contributed by atoms with Gasteiger partial charge in [-0.05, 0) is 62.5 Å². The molecule has 0 aromatic heterocycles. The standard InChI is InChI=1S/N21P3/c1-7-13-22(14-8-2)19-23(15-9-3,16-10-4)21-24(20-22,17-11-5)18-12-6. The van der Waals surface area contributed by atoms with E-state index in [1.165, 1.54) is 0 Å². The lowest BCUT2D eigenvalue weighted by molar-refractivity contribution is 1.40. The SMILES string of the molecule is [N-]=[N+]=NP1(N=[N+]=[N-])=NP(N=[N+]=[N-])(N=[N+]=[N-])=NP(N=[N+]=[N-])(N=[N+]=[N-])=N1. The largest absolute Gasteiger partial charge is 0.254 e. The predicted molar refractivity (Wildman–Crippen MR) is 82.9 cm³/mol. The average Bonchev–Trinajstić information content (AvgIpc) is 2.48. The van der Waals surface area contributed by atoms with Crippen molar-refractivity contribution in [3.63, 3.8) is 0 Å². The predicted octanol–water partition coefficient (Wildman–Crippen LogP) is 7.70. The van der Waals surface area contributed by atoms with Crippen molar-refractivity contribution >= 4 is 22.5 Å². The second kappa shape index (κ2) is 7.70. The van der Waals surface area contributed by atoms with Crippen molar-refractivity contribution in [2.24, 2.45) is 42.9 Å². The van der Waals surface area contributed by atoms with E-state index < -0.39 is 22.5 Å². The Balaban J connectivity index is 4.38. The Hall–Kier alpha value is -3.45. The van der Waals surface area contributed by atoms with Gasteiger partial charge in [0.2, 0.25) is 0 Å². The monoisotopic (exact) mass is 387 g/mol. The number of rotatable bonds is 6. The number of nitrogens with zero attached hydrogens (tertiary/aromatic N) is 21. The van der Waals surface area contributed by atoms with E-state index in [-0.39, 0.29) is 0 Å². The highest BCUT2D eigenvalue weighted by molar-refractivity contribution is 7.84. The molecule has 1 aliphatic heterocycles. The lowest BCUT2D eigenvalue weighted by Gasteiger charge is -2.22. The third-order valence-corrected chi connectivity index (χ3v) is 9.36. The number of hydrogen-bond donors (Lipinski definition) is 0. The van der Waals surface area contributed by atoms with Gasteiger partial charge < -0.3 is 0 Å². The molecule has 0 bridgehead atoms. The molecule has 120 valence electrons. The highest BCUT2D eigenvalue weighted by Crippen LogP contribution is 2.81. The highest BCUT2D eigenvalue weighted by Gasteiger charge is 2.35. The summed E-state index contributed by atoms with van der Waals surface area (Å²) >= 11 is 0. The molecule has 0 fully saturated rings. The van der Waals surface area contributed by atoms with Gasteiger partial charge in [-0.2, -0.15) is 0 Å². The zero-order valence-corrected chi connectivity index (χ0v) is 13.4. The first-order chi connectivity index (χ1) is 11.5. The normalized spacial score (nSPS) is 29.5. The highest BCUT2D eigenvalue weighted by atomic mass is 31.3. The van der Waals surface area contributed by atoms with Crippen molar-refractivity contribution in [2.75, 3.05) is 0 Å². The molecule has 0 spiro atoms. The van der Waals surface area contributed by atoms with Gasteiger partial charge in [0.15, 0.2) is 0 Å². The lowest BCUT2D eigenvalue weighted by atomic mass is 13.0. The van der Waals surface area contributed by atoms with Crippen molar-refractivity contribution in [2.45, 2.75) is 0 Å². The molecule has 0 radical (unpaired) electrons. The van der Waals surface area contributed by atoms with Crippen molar-refractivity contribution in [3.8, 4) is 0 Å². The van der Waals surface area contributed by atoms with Crippen LogP contribution in [-0.4, -0.2) is 0 Å². The van der Waals surface area contributed by atoms with E-state index in [1.54, 1.807) is 0 Å². The molecule has 0 amide bonds. The molecular formula is N21P3. The molecule has 24 heteroatoms. The Morgan fingerprint density at radius 1 is 0.417 bits per heavy atom. The fraction of sp³-hybridized carbons (Fsp3) is 0. The molecule has 0 saturated heterocycles. The van der Waals surface area contributed by atoms with Crippen molar-refractivity contribution in [1.82, 2.24) is 0 Å². The topological polar surface area (TPSA) is 330 Å². The first-order valence-corrected chi connectivity index (χ1v) is 9.60. The fourth-order valence-electron chi connectivity index (χ4n) is 1.13. The maximum Gasteiger partial charge on any atom is 0.254 e. The van der Waals surface area contributed by atoms with E-state index in [0.29, 0.717) is 0 Å². The summed E-state index contributed by atoms with van der Waals surface area (Å²) in [4.78, 5) is 33.1. The minimum absolute atomic E-state index is 2.40. The fourth-order valence-corrected chi connectivity index (χ4v) is 8.85. The first-order valence-electron chi connectivity index (χ1n) is 4.80. The van der Waals surface area contributed by atoms with E-state index in [9.17, 15) is 0 Å². The molecule has 0 atom stereocenters. The van der Waals surface area contributed by atoms with E-state index in [4.69, 9.17) is 33.2 Å². The maximum atomic E-state index is 8.63. The average molecular weight is 387 g/mol. The van der Waals surface area contributed by atoms with Crippen LogP contribution in [0, 0.1) is 0 Å². The minimum Gasteiger partial charge on any atom is -0.216 e. The van der Waals surface area contributed by atoms with Gasteiger partial charge in [-0.3, -0.25) is 0 Å². The summed E-state index contributed by atoms with van der Waals surface area (Å²) < 4.78 is 10.9. The van der Waals surface area contributed by atoms with Gasteiger partial charge in [-0.15, -0.1) is 0 Å². The molecule has 0 aromatic rings. The molecule has 0 saturated carbocycles. The van der Waals surface area contributed by atoms with Crippen molar-refractivity contribution in [3.05, 3.63) is 62.7 Å². The molecule has 1 heterocycles. The van der Waals surface area contributed by atoms with Gasteiger partial charge in [0.1, 0.15) is 0 Å². The molecular weight excluding hydrogens is 387 g/mol. The second-order valence-corrected chi connectivity index (χ2v) is 9.39. The Morgan fingerprint density at radius 2 is 0.583 bits per heavy atom. The third kappa shape index (κ3) is 3.84. The minimum atomic E-state index is -4.14. The van der Waals surface area contributed by atoms with Crippen molar-refractivity contribution < 1.29 is 0 Å². The summed E-state index contributed by atoms with van der Waals surface area (Å²) in [6, 6.07) is 0. The van der Waals surface area contributed by atoms with Crippen LogP contribution in [0.15, 0.2) is 42.9 Å². The summed E-state index contributed by atoms with van der Waals surface area (Å²) in [5, 5.41) is 0. The zero-order chi connectivity index (χ0) is 18.1. The molecule has 1 aliphatic rings. The maximum absolute atomic E-state index is 8.63. The second-order valence-electron chi connectivity index (χ2n) is 2.95. The Bertz CT molecular complexity index is 787. The molecule has 0 aliphatic carbocycles. The number of hydrogen-bond acceptors (Lipinski definition) is 9. The first kappa shape index (κ1) is 18.6. The number of azide groups is 3. The Labute approximate surface area is 129 Å². The molecule has 0 aromatic carbocycles. The van der Waals surface area contributed by atoms with Crippen LogP contribution >= 0.6 is 22.5 Å². The molecule has 21 nitrogen and oxygen atoms in total. The summed E-state index contributed by atoms with van der Waals surface area (Å²) in [6.07, 6.45) is 0. The summed E-state index contributed by atoms with van der Waals surface area (Å²) in [6.45, 7) is 0. The van der Waals surface area contributed by atoms with Gasteiger partial charge in [0.25, 0.3) is 22.5 Å². The van der Waals surface area contributed by atoms with Crippen LogP contribution in [0.3, 0.4) is 0 Å². The van der Waals surface area contributed by atoms with Crippen LogP contribution in [-0.2, 0) is 0 Å². The van der Waals surface area contributed by atoms with Gasteiger partial charge in [0, 0.05) is 29.5 Å². The third-order valence-electron chi connectivity index (χ3n) is 1.68. The molecule has 0 N–H and O–H groups in total. The molecule has 0 unspecified atom stereocenters. The Morgan fingerprint density at radius 3 is 0.708 bits per heavy atom. The van der Waals surface area contributed by atoms with Crippen LogP contribution in [0.1, 0.15) is 0 Å². The molecule has 24 heavy (non-hydrogen) atoms. The lowest BCUT2D eigenvalue weighted by Crippen LogP contribution is -1.79. The quantitative estimate of drug-likeness (QED) is 0.183. The van der Waals surface area contributed by atoms with Gasteiger partial charge >= 0.3 is 0 Å². The van der Waals surface area contributed by atoms with Gasteiger partial charge in [-0.1, -0.05) is 0 Å². The van der Waals surface area contributed by atoms with Crippen LogP contribution in [0.5, 0.6) is 0 Å². The summed E-state index contributed by atoms with van der Waals surface area (Å²) in [5.74, 6) is 0. The Kier molecular flexibility index (Phi) is 5.97. The smallest absolute Gasteiger partial charge is 0.216 e. The van der Waals surface area contributed by atoms with Crippen molar-refractivity contribution in [1.29, 1.82) is 0 Å². The van der Waals surface area contributed by atoms with Crippen LogP contribution in [0.4, 0.5) is 0 Å².